The van der Waals surface area contributed by atoms with Crippen LogP contribution in [0.3, 0.4) is 0 Å². The van der Waals surface area contributed by atoms with E-state index >= 15 is 0 Å². The van der Waals surface area contributed by atoms with Crippen molar-refractivity contribution in [2.75, 3.05) is 6.61 Å². The summed E-state index contributed by atoms with van der Waals surface area (Å²) in [4.78, 5) is 0. The van der Waals surface area contributed by atoms with E-state index in [2.05, 4.69) is 23.5 Å². The molecule has 90 valence electrons. The van der Waals surface area contributed by atoms with E-state index in [1.165, 1.54) is 5.56 Å². The van der Waals surface area contributed by atoms with Gasteiger partial charge in [0, 0.05) is 13.0 Å². The predicted molar refractivity (Wildman–Crippen MR) is 66.3 cm³/mol. The Hall–Kier alpha value is -1.37. The third kappa shape index (κ3) is 2.19. The summed E-state index contributed by atoms with van der Waals surface area (Å²) in [5.74, 6) is 0. The Balaban J connectivity index is 2.09. The second-order valence-corrected chi connectivity index (χ2v) is 4.97. The summed E-state index contributed by atoms with van der Waals surface area (Å²) in [5.41, 5.74) is 0.171. The number of nitrogens with zero attached hydrogens (tertiary/aromatic N) is 1. The van der Waals surface area contributed by atoms with Gasteiger partial charge in [0.05, 0.1) is 18.3 Å². The Morgan fingerprint density at radius 1 is 1.35 bits per heavy atom. The highest BCUT2D eigenvalue weighted by Gasteiger charge is 2.50. The molecule has 1 aromatic carbocycles. The van der Waals surface area contributed by atoms with E-state index in [9.17, 15) is 5.26 Å². The van der Waals surface area contributed by atoms with Gasteiger partial charge in [-0.15, -0.1) is 0 Å². The summed E-state index contributed by atoms with van der Waals surface area (Å²) in [7, 11) is 0. The average Bonchev–Trinajstić information content (AvgIpc) is 2.64. The average molecular weight is 230 g/mol. The number of ether oxygens (including phenoxy) is 1. The maximum Gasteiger partial charge on any atom is 0.137 e. The van der Waals surface area contributed by atoms with Crippen LogP contribution in [-0.4, -0.2) is 17.7 Å². The van der Waals surface area contributed by atoms with Gasteiger partial charge in [-0.2, -0.15) is 5.26 Å². The third-order valence-corrected chi connectivity index (χ3v) is 3.60. The molecule has 1 N–H and O–H groups in total. The first-order valence-electron chi connectivity index (χ1n) is 5.94. The summed E-state index contributed by atoms with van der Waals surface area (Å²) in [6.07, 6.45) is 0.739. The standard InChI is InChI=1S/C14H18N2O/c1-13(2)14(11-15,8-9-17-13)16-10-12-6-4-3-5-7-12/h3-7,16H,8-10H2,1-2H3. The topological polar surface area (TPSA) is 45.0 Å². The fourth-order valence-electron chi connectivity index (χ4n) is 2.26. The summed E-state index contributed by atoms with van der Waals surface area (Å²) in [6, 6.07) is 12.5. The van der Waals surface area contributed by atoms with Crippen LogP contribution >= 0.6 is 0 Å². The Kier molecular flexibility index (Phi) is 3.19. The number of rotatable bonds is 3. The minimum Gasteiger partial charge on any atom is -0.372 e. The van der Waals surface area contributed by atoms with E-state index in [0.29, 0.717) is 13.2 Å². The van der Waals surface area contributed by atoms with Crippen molar-refractivity contribution >= 4 is 0 Å². The highest BCUT2D eigenvalue weighted by Crippen LogP contribution is 2.35. The van der Waals surface area contributed by atoms with Crippen LogP contribution < -0.4 is 5.32 Å². The molecule has 1 atom stereocenters. The molecular formula is C14H18N2O. The first kappa shape index (κ1) is 12.1. The van der Waals surface area contributed by atoms with Crippen LogP contribution in [0.25, 0.3) is 0 Å². The van der Waals surface area contributed by atoms with E-state index in [0.717, 1.165) is 6.42 Å². The minimum absolute atomic E-state index is 0.434. The van der Waals surface area contributed by atoms with Gasteiger partial charge in [0.25, 0.3) is 0 Å². The van der Waals surface area contributed by atoms with Crippen LogP contribution in [0.4, 0.5) is 0 Å². The number of nitrogens with one attached hydrogen (secondary N) is 1. The Morgan fingerprint density at radius 3 is 2.59 bits per heavy atom. The lowest BCUT2D eigenvalue weighted by molar-refractivity contribution is 0.00437. The molecule has 3 nitrogen and oxygen atoms in total. The molecule has 1 unspecified atom stereocenters. The van der Waals surface area contributed by atoms with Crippen LogP contribution in [0, 0.1) is 11.3 Å². The summed E-state index contributed by atoms with van der Waals surface area (Å²) < 4.78 is 5.65. The van der Waals surface area contributed by atoms with Crippen molar-refractivity contribution in [3.8, 4) is 6.07 Å². The second-order valence-electron chi connectivity index (χ2n) is 4.97. The van der Waals surface area contributed by atoms with Gasteiger partial charge < -0.3 is 4.74 Å². The molecule has 1 saturated heterocycles. The van der Waals surface area contributed by atoms with Crippen LogP contribution in [0.2, 0.25) is 0 Å². The molecule has 1 aliphatic rings. The molecule has 0 aliphatic carbocycles. The van der Waals surface area contributed by atoms with Gasteiger partial charge >= 0.3 is 0 Å². The molecule has 1 fully saturated rings. The summed E-state index contributed by atoms with van der Waals surface area (Å²) in [5, 5.41) is 12.8. The van der Waals surface area contributed by atoms with Crippen molar-refractivity contribution in [1.82, 2.24) is 5.32 Å². The van der Waals surface area contributed by atoms with E-state index < -0.39 is 11.1 Å². The van der Waals surface area contributed by atoms with E-state index in [1.54, 1.807) is 0 Å². The lowest BCUT2D eigenvalue weighted by Gasteiger charge is -2.34. The smallest absolute Gasteiger partial charge is 0.137 e. The second kappa shape index (κ2) is 4.48. The van der Waals surface area contributed by atoms with Crippen molar-refractivity contribution < 1.29 is 4.74 Å². The molecule has 2 rings (SSSR count). The zero-order valence-corrected chi connectivity index (χ0v) is 10.4. The van der Waals surface area contributed by atoms with E-state index in [-0.39, 0.29) is 0 Å². The molecule has 0 amide bonds. The predicted octanol–water partition coefficient (Wildman–Crippen LogP) is 2.24. The highest BCUT2D eigenvalue weighted by atomic mass is 16.5. The van der Waals surface area contributed by atoms with Crippen molar-refractivity contribution in [3.63, 3.8) is 0 Å². The SMILES string of the molecule is CC1(C)OCCC1(C#N)NCc1ccccc1. The van der Waals surface area contributed by atoms with Gasteiger partial charge in [0.1, 0.15) is 5.54 Å². The lowest BCUT2D eigenvalue weighted by Crippen LogP contribution is -2.55. The Bertz CT molecular complexity index is 422. The molecule has 0 saturated carbocycles. The molecule has 17 heavy (non-hydrogen) atoms. The molecule has 1 heterocycles. The molecule has 0 bridgehead atoms. The molecule has 0 spiro atoms. The van der Waals surface area contributed by atoms with Gasteiger partial charge in [-0.1, -0.05) is 30.3 Å². The third-order valence-electron chi connectivity index (χ3n) is 3.60. The minimum atomic E-state index is -0.581. The number of benzene rings is 1. The zero-order valence-electron chi connectivity index (χ0n) is 10.4. The van der Waals surface area contributed by atoms with Gasteiger partial charge in [0.15, 0.2) is 0 Å². The van der Waals surface area contributed by atoms with Crippen LogP contribution in [0.15, 0.2) is 30.3 Å². The first-order chi connectivity index (χ1) is 8.10. The van der Waals surface area contributed by atoms with E-state index in [4.69, 9.17) is 4.74 Å². The zero-order chi connectivity index (χ0) is 12.4. The van der Waals surface area contributed by atoms with Crippen LogP contribution in [0.1, 0.15) is 25.8 Å². The molecule has 1 aliphatic heterocycles. The van der Waals surface area contributed by atoms with Crippen LogP contribution in [0.5, 0.6) is 0 Å². The maximum atomic E-state index is 9.44. The van der Waals surface area contributed by atoms with Gasteiger partial charge in [-0.25, -0.2) is 0 Å². The molecule has 0 radical (unpaired) electrons. The Morgan fingerprint density at radius 2 is 2.06 bits per heavy atom. The summed E-state index contributed by atoms with van der Waals surface area (Å²) >= 11 is 0. The van der Waals surface area contributed by atoms with Gasteiger partial charge in [-0.3, -0.25) is 5.32 Å². The molecule has 3 heteroatoms. The van der Waals surface area contributed by atoms with Crippen molar-refractivity contribution in [2.24, 2.45) is 0 Å². The van der Waals surface area contributed by atoms with Gasteiger partial charge in [0.2, 0.25) is 0 Å². The lowest BCUT2D eigenvalue weighted by atomic mass is 9.83. The fourth-order valence-corrected chi connectivity index (χ4v) is 2.26. The largest absolute Gasteiger partial charge is 0.372 e. The van der Waals surface area contributed by atoms with Crippen molar-refractivity contribution in [2.45, 2.75) is 38.0 Å². The van der Waals surface area contributed by atoms with Crippen LogP contribution in [-0.2, 0) is 11.3 Å². The number of nitriles is 1. The Labute approximate surface area is 102 Å². The maximum absolute atomic E-state index is 9.44. The molecular weight excluding hydrogens is 212 g/mol. The van der Waals surface area contributed by atoms with Crippen molar-refractivity contribution in [1.29, 1.82) is 5.26 Å². The first-order valence-corrected chi connectivity index (χ1v) is 5.94. The van der Waals surface area contributed by atoms with Gasteiger partial charge in [-0.05, 0) is 19.4 Å². The fraction of sp³-hybridized carbons (Fsp3) is 0.500. The molecule has 1 aromatic rings. The van der Waals surface area contributed by atoms with E-state index in [1.807, 2.05) is 32.0 Å². The quantitative estimate of drug-likeness (QED) is 0.866. The monoisotopic (exact) mass is 230 g/mol. The highest BCUT2D eigenvalue weighted by molar-refractivity contribution is 5.22. The van der Waals surface area contributed by atoms with Crippen molar-refractivity contribution in [3.05, 3.63) is 35.9 Å². The summed E-state index contributed by atoms with van der Waals surface area (Å²) in [6.45, 7) is 5.28. The number of hydrogen-bond donors (Lipinski definition) is 1. The number of hydrogen-bond acceptors (Lipinski definition) is 3. The normalized spacial score (nSPS) is 26.6. The molecule has 0 aromatic heterocycles.